The van der Waals surface area contributed by atoms with Gasteiger partial charge in [-0.3, -0.25) is 0 Å². The van der Waals surface area contributed by atoms with Gasteiger partial charge in [0.25, 0.3) is 0 Å². The van der Waals surface area contributed by atoms with Crippen LogP contribution in [-0.2, 0) is 20.1 Å². The minimum atomic E-state index is -2.77. The first-order valence-corrected chi connectivity index (χ1v) is 20.2. The van der Waals surface area contributed by atoms with Gasteiger partial charge in [-0.05, 0) is 124 Å². The average molecular weight is 997 g/mol. The van der Waals surface area contributed by atoms with Crippen LogP contribution in [0.25, 0.3) is 88.3 Å². The van der Waals surface area contributed by atoms with Crippen molar-refractivity contribution in [2.45, 2.75) is 65.8 Å². The second-order valence-corrected chi connectivity index (χ2v) is 15.4. The molecule has 0 unspecified atom stereocenters. The molecule has 0 saturated heterocycles. The van der Waals surface area contributed by atoms with E-state index in [1.807, 2.05) is 42.5 Å². The molecular weight excluding hydrogens is 933 g/mol. The maximum Gasteiger partial charge on any atom is 0.129 e. The second kappa shape index (κ2) is 17.3. The number of nitrogens with zero attached hydrogens (tertiary/aromatic N) is 2. The number of pyridine rings is 2. The number of hydrogen-bond donors (Lipinski definition) is 0. The minimum absolute atomic E-state index is 0. The summed E-state index contributed by atoms with van der Waals surface area (Å²) in [5.41, 5.74) is 4.36. The summed E-state index contributed by atoms with van der Waals surface area (Å²) in [6.45, 7) is -12.5. The zero-order valence-electron chi connectivity index (χ0n) is 49.3. The molecule has 1 radical (unpaired) electrons. The van der Waals surface area contributed by atoms with E-state index in [0.717, 1.165) is 63.6 Å². The minimum Gasteiger partial charge on any atom is -0.500 e. The maximum atomic E-state index is 8.94. The Morgan fingerprint density at radius 3 is 2.10 bits per heavy atom. The van der Waals surface area contributed by atoms with E-state index in [0.29, 0.717) is 33.6 Å². The first-order valence-electron chi connectivity index (χ1n) is 28.2. The quantitative estimate of drug-likeness (QED) is 0.127. The smallest absolute Gasteiger partial charge is 0.129 e. The van der Waals surface area contributed by atoms with Crippen LogP contribution in [0.4, 0.5) is 0 Å². The molecule has 0 aliphatic heterocycles. The topological polar surface area (TPSA) is 38.9 Å². The van der Waals surface area contributed by atoms with E-state index in [4.69, 9.17) is 26.3 Å². The summed E-state index contributed by atoms with van der Waals surface area (Å²) >= 11 is 0. The Labute approximate surface area is 400 Å². The number of hydrogen-bond acceptors (Lipinski definition) is 3. The summed E-state index contributed by atoms with van der Waals surface area (Å²) in [6.07, 6.45) is 5.91. The van der Waals surface area contributed by atoms with Crippen LogP contribution < -0.4 is 0 Å². The third kappa shape index (κ3) is 7.79. The summed E-state index contributed by atoms with van der Waals surface area (Å²) in [4.78, 5) is 8.67. The zero-order valence-corrected chi connectivity index (χ0v) is 35.7. The SMILES string of the molecule is [2H]C([2H])([2H])c1c[c-]c(-c2ccc(C([2H])([2H])[2H])cn2)cc1.[2H]C([2H])([2H])c1cc(-c2cc(-c3[c-]ccc4c3oc3c4ccc4ccc5ccccc5c43)ncc2C([2H])([2H])[2H])c(C([2H])([2H])[2H])cc1-c1ccc(C2([2H])CCCC2)cc1.[Ir]. The van der Waals surface area contributed by atoms with Crippen LogP contribution >= 0.6 is 0 Å². The Bertz CT molecular complexity index is 3800. The van der Waals surface area contributed by atoms with Gasteiger partial charge in [0.15, 0.2) is 0 Å². The van der Waals surface area contributed by atoms with Crippen molar-refractivity contribution in [1.29, 1.82) is 0 Å². The van der Waals surface area contributed by atoms with E-state index in [1.54, 1.807) is 30.3 Å². The fraction of sp³-hybridized carbons (Fsp3) is 0.172. The molecule has 307 valence electrons. The predicted octanol–water partition coefficient (Wildman–Crippen LogP) is 15.8. The largest absolute Gasteiger partial charge is 0.500 e. The van der Waals surface area contributed by atoms with Gasteiger partial charge < -0.3 is 14.4 Å². The van der Waals surface area contributed by atoms with Crippen LogP contribution in [0.5, 0.6) is 0 Å². The maximum absolute atomic E-state index is 8.94. The molecule has 3 nitrogen and oxygen atoms in total. The van der Waals surface area contributed by atoms with Crippen LogP contribution in [0, 0.1) is 46.4 Å². The van der Waals surface area contributed by atoms with Crippen molar-refractivity contribution in [1.82, 2.24) is 9.97 Å². The number of furan rings is 1. The molecule has 11 rings (SSSR count). The molecule has 0 atom stereocenters. The van der Waals surface area contributed by atoms with Gasteiger partial charge in [0.05, 0.1) is 5.58 Å². The van der Waals surface area contributed by atoms with E-state index in [9.17, 15) is 0 Å². The fourth-order valence-electron chi connectivity index (χ4n) is 8.47. The molecule has 7 aromatic carbocycles. The molecule has 4 heteroatoms. The molecule has 1 saturated carbocycles. The molecule has 0 amide bonds. The average Bonchev–Trinajstić information content (AvgIpc) is 4.07. The Balaban J connectivity index is 0.000000297. The predicted molar refractivity (Wildman–Crippen MR) is 255 cm³/mol. The van der Waals surface area contributed by atoms with Gasteiger partial charge in [-0.15, -0.1) is 53.6 Å². The normalized spacial score (nSPS) is 18.1. The van der Waals surface area contributed by atoms with Gasteiger partial charge in [-0.1, -0.05) is 134 Å². The number of benzene rings is 7. The first kappa shape index (κ1) is 26.3. The van der Waals surface area contributed by atoms with E-state index >= 15 is 0 Å². The number of aryl methyl sites for hydroxylation is 5. The molecule has 1 aliphatic rings. The van der Waals surface area contributed by atoms with E-state index in [1.165, 1.54) is 48.8 Å². The third-order valence-corrected chi connectivity index (χ3v) is 11.6. The first-order chi connectivity index (χ1) is 36.2. The summed E-state index contributed by atoms with van der Waals surface area (Å²) in [7, 11) is 0. The molecule has 1 aliphatic carbocycles. The molecule has 10 aromatic rings. The van der Waals surface area contributed by atoms with Crippen LogP contribution in [-0.4, -0.2) is 9.97 Å². The molecule has 0 N–H and O–H groups in total. The number of fused-ring (bicyclic) bond motifs is 7. The van der Waals surface area contributed by atoms with Crippen LogP contribution in [0.1, 0.15) is 86.9 Å². The standard InChI is InChI=1S/C45H36NO.C13H12N.Ir/c1-27-24-40(28(2)23-39(27)33-17-15-31(16-18-33)30-9-4-5-10-30)41-25-42(46-26-29(41)3)38-14-8-13-36-37-22-21-34-20-19-32-11-6-7-12-35(32)43(34)45(37)47-44(36)38;1-10-3-6-12(7-4-10)13-8-5-11(2)9-14-13;/h6-8,11-13,15-26,30H,4-5,9-10H2,1-3H3;3-6,8-9H,1-2H3;/q2*-1;/i1D3,2D3,3D3,30D;1D3,2D3;. The summed E-state index contributed by atoms with van der Waals surface area (Å²) in [5.74, 6) is -0.712. The summed E-state index contributed by atoms with van der Waals surface area (Å²) in [6, 6.07) is 44.9. The Hall–Kier alpha value is -6.19. The Morgan fingerprint density at radius 1 is 0.597 bits per heavy atom. The molecule has 3 aromatic heterocycles. The van der Waals surface area contributed by atoms with Crippen molar-refractivity contribution in [3.05, 3.63) is 191 Å². The van der Waals surface area contributed by atoms with Crippen molar-refractivity contribution >= 4 is 43.5 Å². The van der Waals surface area contributed by atoms with Gasteiger partial charge in [0.2, 0.25) is 0 Å². The van der Waals surface area contributed by atoms with Crippen molar-refractivity contribution in [2.75, 3.05) is 0 Å². The van der Waals surface area contributed by atoms with Crippen LogP contribution in [0.2, 0.25) is 0 Å². The number of rotatable bonds is 5. The Kier molecular flexibility index (Phi) is 7.34. The van der Waals surface area contributed by atoms with E-state index in [2.05, 4.69) is 46.4 Å². The fourth-order valence-corrected chi connectivity index (χ4v) is 8.47. The van der Waals surface area contributed by atoms with Gasteiger partial charge >= 0.3 is 0 Å². The summed E-state index contributed by atoms with van der Waals surface area (Å²) < 4.78 is 136. The Morgan fingerprint density at radius 2 is 1.32 bits per heavy atom. The van der Waals surface area contributed by atoms with Crippen molar-refractivity contribution in [3.8, 4) is 44.8 Å². The van der Waals surface area contributed by atoms with Gasteiger partial charge in [0.1, 0.15) is 5.58 Å². The van der Waals surface area contributed by atoms with Crippen LogP contribution in [0.15, 0.2) is 150 Å². The zero-order chi connectivity index (χ0) is 55.0. The van der Waals surface area contributed by atoms with Crippen LogP contribution in [0.3, 0.4) is 0 Å². The van der Waals surface area contributed by atoms with Gasteiger partial charge in [-0.2, -0.15) is 0 Å². The third-order valence-electron chi connectivity index (χ3n) is 11.6. The van der Waals surface area contributed by atoms with Crippen molar-refractivity contribution < 1.29 is 46.5 Å². The monoisotopic (exact) mass is 997 g/mol. The van der Waals surface area contributed by atoms with E-state index in [-0.39, 0.29) is 70.3 Å². The number of aromatic nitrogens is 2. The molecule has 62 heavy (non-hydrogen) atoms. The second-order valence-electron chi connectivity index (χ2n) is 15.4. The van der Waals surface area contributed by atoms with E-state index < -0.39 is 40.2 Å². The van der Waals surface area contributed by atoms with Gasteiger partial charge in [0, 0.05) is 65.2 Å². The molecule has 0 spiro atoms. The van der Waals surface area contributed by atoms with Crippen molar-refractivity contribution in [2.24, 2.45) is 0 Å². The van der Waals surface area contributed by atoms with Crippen molar-refractivity contribution in [3.63, 3.8) is 0 Å². The molecular formula is C58H48IrN2O-2. The molecule has 3 heterocycles. The van der Waals surface area contributed by atoms with Gasteiger partial charge in [-0.25, -0.2) is 0 Å². The molecule has 1 fully saturated rings. The summed E-state index contributed by atoms with van der Waals surface area (Å²) in [5, 5.41) is 5.72. The molecule has 0 bridgehead atoms.